The standard InChI is InChI=1S/C16H19NO2S/c1-2-3-10-17-16(18)15-13(9-11-19-15)12-20-14-7-5-4-6-8-14/h4-9,11H,2-3,10,12H2,1H3,(H,17,18). The lowest BCUT2D eigenvalue weighted by molar-refractivity contribution is 0.0924. The van der Waals surface area contributed by atoms with Crippen molar-refractivity contribution in [1.29, 1.82) is 0 Å². The van der Waals surface area contributed by atoms with E-state index >= 15 is 0 Å². The minimum Gasteiger partial charge on any atom is -0.459 e. The number of amides is 1. The van der Waals surface area contributed by atoms with Gasteiger partial charge in [0.1, 0.15) is 0 Å². The first-order valence-electron chi connectivity index (χ1n) is 6.83. The number of nitrogens with one attached hydrogen (secondary N) is 1. The number of unbranched alkanes of at least 4 members (excludes halogenated alkanes) is 1. The number of hydrogen-bond acceptors (Lipinski definition) is 3. The van der Waals surface area contributed by atoms with Gasteiger partial charge in [0.05, 0.1) is 6.26 Å². The van der Waals surface area contributed by atoms with Gasteiger partial charge in [-0.2, -0.15) is 0 Å². The van der Waals surface area contributed by atoms with Crippen molar-refractivity contribution in [2.45, 2.75) is 30.4 Å². The summed E-state index contributed by atoms with van der Waals surface area (Å²) < 4.78 is 5.32. The fourth-order valence-electron chi connectivity index (χ4n) is 1.79. The Balaban J connectivity index is 1.93. The smallest absolute Gasteiger partial charge is 0.287 e. The van der Waals surface area contributed by atoms with Gasteiger partial charge in [-0.15, -0.1) is 11.8 Å². The van der Waals surface area contributed by atoms with E-state index in [4.69, 9.17) is 4.42 Å². The molecule has 1 amide bonds. The molecule has 2 aromatic rings. The molecule has 0 aliphatic rings. The van der Waals surface area contributed by atoms with Crippen LogP contribution in [0.4, 0.5) is 0 Å². The van der Waals surface area contributed by atoms with Crippen LogP contribution in [0.2, 0.25) is 0 Å². The van der Waals surface area contributed by atoms with Crippen molar-refractivity contribution in [2.24, 2.45) is 0 Å². The highest BCUT2D eigenvalue weighted by Gasteiger charge is 2.14. The maximum absolute atomic E-state index is 12.0. The number of hydrogen-bond donors (Lipinski definition) is 1. The van der Waals surface area contributed by atoms with E-state index in [-0.39, 0.29) is 5.91 Å². The van der Waals surface area contributed by atoms with Gasteiger partial charge in [-0.25, -0.2) is 0 Å². The van der Waals surface area contributed by atoms with E-state index in [2.05, 4.69) is 24.4 Å². The average molecular weight is 289 g/mol. The zero-order valence-electron chi connectivity index (χ0n) is 11.6. The van der Waals surface area contributed by atoms with Gasteiger partial charge in [0.2, 0.25) is 0 Å². The molecule has 106 valence electrons. The number of benzene rings is 1. The largest absolute Gasteiger partial charge is 0.459 e. The molecule has 0 atom stereocenters. The van der Waals surface area contributed by atoms with Crippen LogP contribution >= 0.6 is 11.8 Å². The molecule has 0 spiro atoms. The van der Waals surface area contributed by atoms with Gasteiger partial charge in [-0.3, -0.25) is 4.79 Å². The van der Waals surface area contributed by atoms with E-state index in [0.29, 0.717) is 12.3 Å². The Kier molecular flexibility index (Phi) is 5.74. The van der Waals surface area contributed by atoms with Crippen molar-refractivity contribution in [3.63, 3.8) is 0 Å². The Morgan fingerprint density at radius 1 is 1.25 bits per heavy atom. The van der Waals surface area contributed by atoms with E-state index < -0.39 is 0 Å². The molecule has 0 fully saturated rings. The molecule has 1 aromatic heterocycles. The molecule has 20 heavy (non-hydrogen) atoms. The fourth-order valence-corrected chi connectivity index (χ4v) is 2.68. The Morgan fingerprint density at radius 3 is 2.80 bits per heavy atom. The van der Waals surface area contributed by atoms with Crippen LogP contribution < -0.4 is 5.32 Å². The zero-order chi connectivity index (χ0) is 14.2. The van der Waals surface area contributed by atoms with Crippen LogP contribution in [0.5, 0.6) is 0 Å². The van der Waals surface area contributed by atoms with Gasteiger partial charge < -0.3 is 9.73 Å². The second kappa shape index (κ2) is 7.80. The quantitative estimate of drug-likeness (QED) is 0.616. The average Bonchev–Trinajstić information content (AvgIpc) is 2.95. The monoisotopic (exact) mass is 289 g/mol. The van der Waals surface area contributed by atoms with Crippen LogP contribution in [0.1, 0.15) is 35.9 Å². The number of carbonyl (C=O) groups excluding carboxylic acids is 1. The first kappa shape index (κ1) is 14.7. The normalized spacial score (nSPS) is 10.4. The van der Waals surface area contributed by atoms with Crippen molar-refractivity contribution in [3.05, 3.63) is 54.0 Å². The molecule has 0 radical (unpaired) electrons. The number of carbonyl (C=O) groups is 1. The second-order valence-corrected chi connectivity index (χ2v) is 5.53. The highest BCUT2D eigenvalue weighted by Crippen LogP contribution is 2.24. The molecular formula is C16H19NO2S. The van der Waals surface area contributed by atoms with Crippen molar-refractivity contribution in [3.8, 4) is 0 Å². The van der Waals surface area contributed by atoms with Gasteiger partial charge in [0.25, 0.3) is 5.91 Å². The SMILES string of the molecule is CCCCNC(=O)c1occc1CSc1ccccc1. The van der Waals surface area contributed by atoms with E-state index in [0.717, 1.165) is 24.2 Å². The molecule has 1 heterocycles. The first-order chi connectivity index (χ1) is 9.81. The van der Waals surface area contributed by atoms with Crippen LogP contribution in [-0.2, 0) is 5.75 Å². The van der Waals surface area contributed by atoms with E-state index in [1.807, 2.05) is 24.3 Å². The molecule has 0 saturated heterocycles. The highest BCUT2D eigenvalue weighted by atomic mass is 32.2. The Labute approximate surface area is 123 Å². The summed E-state index contributed by atoms with van der Waals surface area (Å²) >= 11 is 1.70. The predicted molar refractivity (Wildman–Crippen MR) is 82.0 cm³/mol. The molecule has 1 aromatic carbocycles. The fraction of sp³-hybridized carbons (Fsp3) is 0.312. The van der Waals surface area contributed by atoms with Gasteiger partial charge in [0, 0.05) is 22.8 Å². The van der Waals surface area contributed by atoms with Crippen molar-refractivity contribution in [1.82, 2.24) is 5.32 Å². The van der Waals surface area contributed by atoms with Crippen molar-refractivity contribution < 1.29 is 9.21 Å². The summed E-state index contributed by atoms with van der Waals surface area (Å²) in [4.78, 5) is 13.2. The molecule has 4 heteroatoms. The molecular weight excluding hydrogens is 270 g/mol. The highest BCUT2D eigenvalue weighted by molar-refractivity contribution is 7.98. The molecule has 2 rings (SSSR count). The summed E-state index contributed by atoms with van der Waals surface area (Å²) in [5, 5.41) is 2.88. The van der Waals surface area contributed by atoms with Crippen LogP contribution in [0.3, 0.4) is 0 Å². The van der Waals surface area contributed by atoms with Crippen LogP contribution in [0.25, 0.3) is 0 Å². The third kappa shape index (κ3) is 4.17. The summed E-state index contributed by atoms with van der Waals surface area (Å²) in [6.07, 6.45) is 3.63. The minimum absolute atomic E-state index is 0.118. The Morgan fingerprint density at radius 2 is 2.05 bits per heavy atom. The van der Waals surface area contributed by atoms with Gasteiger partial charge in [-0.05, 0) is 24.6 Å². The first-order valence-corrected chi connectivity index (χ1v) is 7.82. The third-order valence-corrected chi connectivity index (χ3v) is 3.97. The summed E-state index contributed by atoms with van der Waals surface area (Å²) in [6, 6.07) is 12.0. The predicted octanol–water partition coefficient (Wildman–Crippen LogP) is 4.10. The third-order valence-electron chi connectivity index (χ3n) is 2.91. The van der Waals surface area contributed by atoms with Crippen molar-refractivity contribution in [2.75, 3.05) is 6.54 Å². The molecule has 0 aliphatic carbocycles. The number of thioether (sulfide) groups is 1. The van der Waals surface area contributed by atoms with Gasteiger partial charge in [0.15, 0.2) is 5.76 Å². The number of furan rings is 1. The Hall–Kier alpha value is -1.68. The van der Waals surface area contributed by atoms with E-state index in [9.17, 15) is 4.79 Å². The topological polar surface area (TPSA) is 42.2 Å². The lowest BCUT2D eigenvalue weighted by atomic mass is 10.2. The summed E-state index contributed by atoms with van der Waals surface area (Å²) in [5.41, 5.74) is 0.938. The molecule has 1 N–H and O–H groups in total. The van der Waals surface area contributed by atoms with Crippen LogP contribution in [0, 0.1) is 0 Å². The van der Waals surface area contributed by atoms with Crippen molar-refractivity contribution >= 4 is 17.7 Å². The molecule has 0 bridgehead atoms. The second-order valence-electron chi connectivity index (χ2n) is 4.49. The maximum atomic E-state index is 12.0. The van der Waals surface area contributed by atoms with E-state index in [1.165, 1.54) is 4.90 Å². The Bertz CT molecular complexity index is 536. The lowest BCUT2D eigenvalue weighted by Gasteiger charge is -2.04. The van der Waals surface area contributed by atoms with Gasteiger partial charge in [-0.1, -0.05) is 31.5 Å². The maximum Gasteiger partial charge on any atom is 0.287 e. The zero-order valence-corrected chi connectivity index (χ0v) is 12.4. The number of rotatable bonds is 7. The van der Waals surface area contributed by atoms with Gasteiger partial charge >= 0.3 is 0 Å². The van der Waals surface area contributed by atoms with E-state index in [1.54, 1.807) is 18.0 Å². The lowest BCUT2D eigenvalue weighted by Crippen LogP contribution is -2.24. The van der Waals surface area contributed by atoms with Crippen LogP contribution in [-0.4, -0.2) is 12.5 Å². The summed E-state index contributed by atoms with van der Waals surface area (Å²) in [5.74, 6) is 1.05. The minimum atomic E-state index is -0.118. The molecule has 0 unspecified atom stereocenters. The molecule has 3 nitrogen and oxygen atoms in total. The molecule has 0 saturated carbocycles. The summed E-state index contributed by atoms with van der Waals surface area (Å²) in [7, 11) is 0. The summed E-state index contributed by atoms with van der Waals surface area (Å²) in [6.45, 7) is 2.79. The van der Waals surface area contributed by atoms with Crippen LogP contribution in [0.15, 0.2) is 52.0 Å². The molecule has 0 aliphatic heterocycles.